The number of benzene rings is 1. The Kier molecular flexibility index (Phi) is 4.94. The van der Waals surface area contributed by atoms with Gasteiger partial charge in [-0.2, -0.15) is 5.10 Å². The lowest BCUT2D eigenvalue weighted by molar-refractivity contribution is 0.201. The topological polar surface area (TPSA) is 104 Å². The SMILES string of the molecule is CC(NS(=O)(=O)c1ccc(OCCO)cc1)c1cn[nH]c1. The first-order chi connectivity index (χ1) is 10.0. The molecular formula is C13H17N3O4S. The highest BCUT2D eigenvalue weighted by Gasteiger charge is 2.18. The fraction of sp³-hybridized carbons (Fsp3) is 0.308. The van der Waals surface area contributed by atoms with Crippen LogP contribution in [0.1, 0.15) is 18.5 Å². The maximum atomic E-state index is 12.2. The van der Waals surface area contributed by atoms with E-state index < -0.39 is 10.0 Å². The van der Waals surface area contributed by atoms with E-state index in [4.69, 9.17) is 9.84 Å². The van der Waals surface area contributed by atoms with Crippen molar-refractivity contribution in [3.63, 3.8) is 0 Å². The smallest absolute Gasteiger partial charge is 0.241 e. The number of hydrogen-bond acceptors (Lipinski definition) is 5. The summed E-state index contributed by atoms with van der Waals surface area (Å²) >= 11 is 0. The maximum Gasteiger partial charge on any atom is 0.241 e. The Bertz CT molecular complexity index is 653. The van der Waals surface area contributed by atoms with Crippen LogP contribution in [0.3, 0.4) is 0 Å². The number of rotatable bonds is 7. The second-order valence-electron chi connectivity index (χ2n) is 4.42. The van der Waals surface area contributed by atoms with Crippen molar-refractivity contribution in [3.8, 4) is 5.75 Å². The third kappa shape index (κ3) is 4.03. The van der Waals surface area contributed by atoms with Crippen molar-refractivity contribution in [3.05, 3.63) is 42.2 Å². The van der Waals surface area contributed by atoms with Crippen molar-refractivity contribution in [2.75, 3.05) is 13.2 Å². The van der Waals surface area contributed by atoms with Crippen molar-refractivity contribution in [1.82, 2.24) is 14.9 Å². The van der Waals surface area contributed by atoms with E-state index in [0.717, 1.165) is 5.56 Å². The summed E-state index contributed by atoms with van der Waals surface area (Å²) < 4.78 is 32.2. The van der Waals surface area contributed by atoms with Crippen LogP contribution in [-0.2, 0) is 10.0 Å². The van der Waals surface area contributed by atoms with Gasteiger partial charge in [0.1, 0.15) is 12.4 Å². The van der Waals surface area contributed by atoms with Crippen LogP contribution in [-0.4, -0.2) is 36.9 Å². The lowest BCUT2D eigenvalue weighted by atomic mass is 10.2. The largest absolute Gasteiger partial charge is 0.491 e. The number of aromatic amines is 1. The molecule has 3 N–H and O–H groups in total. The molecule has 0 fully saturated rings. The van der Waals surface area contributed by atoms with E-state index in [-0.39, 0.29) is 24.2 Å². The van der Waals surface area contributed by atoms with Gasteiger partial charge in [-0.15, -0.1) is 0 Å². The molecule has 114 valence electrons. The molecule has 21 heavy (non-hydrogen) atoms. The van der Waals surface area contributed by atoms with Crippen molar-refractivity contribution in [1.29, 1.82) is 0 Å². The normalized spacial score (nSPS) is 13.0. The molecule has 7 nitrogen and oxygen atoms in total. The van der Waals surface area contributed by atoms with Gasteiger partial charge in [-0.25, -0.2) is 13.1 Å². The van der Waals surface area contributed by atoms with Crippen LogP contribution in [0.15, 0.2) is 41.6 Å². The lowest BCUT2D eigenvalue weighted by Gasteiger charge is -2.13. The third-order valence-electron chi connectivity index (χ3n) is 2.85. The molecule has 0 amide bonds. The van der Waals surface area contributed by atoms with E-state index in [1.165, 1.54) is 12.1 Å². The fourth-order valence-corrected chi connectivity index (χ4v) is 2.98. The van der Waals surface area contributed by atoms with E-state index in [2.05, 4.69) is 14.9 Å². The molecule has 0 aliphatic carbocycles. The van der Waals surface area contributed by atoms with Gasteiger partial charge in [0.25, 0.3) is 0 Å². The van der Waals surface area contributed by atoms with Gasteiger partial charge < -0.3 is 9.84 Å². The summed E-state index contributed by atoms with van der Waals surface area (Å²) in [6.45, 7) is 1.81. The van der Waals surface area contributed by atoms with Crippen molar-refractivity contribution >= 4 is 10.0 Å². The van der Waals surface area contributed by atoms with Gasteiger partial charge >= 0.3 is 0 Å². The Balaban J connectivity index is 2.08. The number of H-pyrrole nitrogens is 1. The number of hydrogen-bond donors (Lipinski definition) is 3. The summed E-state index contributed by atoms with van der Waals surface area (Å²) in [5, 5.41) is 15.1. The lowest BCUT2D eigenvalue weighted by Crippen LogP contribution is -2.26. The molecule has 0 spiro atoms. The second-order valence-corrected chi connectivity index (χ2v) is 6.13. The van der Waals surface area contributed by atoms with Crippen LogP contribution >= 0.6 is 0 Å². The highest BCUT2D eigenvalue weighted by molar-refractivity contribution is 7.89. The number of aliphatic hydroxyl groups is 1. The van der Waals surface area contributed by atoms with E-state index in [1.807, 2.05) is 0 Å². The average molecular weight is 311 g/mol. The van der Waals surface area contributed by atoms with Crippen LogP contribution in [0.25, 0.3) is 0 Å². The molecule has 1 aromatic heterocycles. The highest BCUT2D eigenvalue weighted by atomic mass is 32.2. The van der Waals surface area contributed by atoms with Gasteiger partial charge in [-0.3, -0.25) is 5.10 Å². The quantitative estimate of drug-likeness (QED) is 0.702. The standard InChI is InChI=1S/C13H17N3O4S/c1-10(11-8-14-15-9-11)16-21(18,19)13-4-2-12(3-5-13)20-7-6-17/h2-5,8-10,16-17H,6-7H2,1H3,(H,14,15). The number of aromatic nitrogens is 2. The molecule has 2 aromatic rings. The van der Waals surface area contributed by atoms with E-state index in [9.17, 15) is 8.42 Å². The number of nitrogens with one attached hydrogen (secondary N) is 2. The van der Waals surface area contributed by atoms with Gasteiger partial charge in [-0.05, 0) is 31.2 Å². The minimum atomic E-state index is -3.62. The summed E-state index contributed by atoms with van der Waals surface area (Å²) in [5.41, 5.74) is 0.751. The minimum Gasteiger partial charge on any atom is -0.491 e. The monoisotopic (exact) mass is 311 g/mol. The molecule has 1 aromatic carbocycles. The van der Waals surface area contributed by atoms with Crippen molar-refractivity contribution < 1.29 is 18.3 Å². The molecular weight excluding hydrogens is 294 g/mol. The van der Waals surface area contributed by atoms with Crippen LogP contribution < -0.4 is 9.46 Å². The van der Waals surface area contributed by atoms with E-state index in [1.54, 1.807) is 31.5 Å². The number of ether oxygens (including phenoxy) is 1. The van der Waals surface area contributed by atoms with Gasteiger partial charge in [0.15, 0.2) is 0 Å². The molecule has 0 aliphatic rings. The first kappa shape index (κ1) is 15.5. The second kappa shape index (κ2) is 6.70. The Morgan fingerprint density at radius 1 is 1.38 bits per heavy atom. The molecule has 1 heterocycles. The van der Waals surface area contributed by atoms with Crippen LogP contribution in [0, 0.1) is 0 Å². The van der Waals surface area contributed by atoms with E-state index >= 15 is 0 Å². The third-order valence-corrected chi connectivity index (χ3v) is 4.40. The Labute approximate surface area is 123 Å². The molecule has 2 rings (SSSR count). The predicted molar refractivity (Wildman–Crippen MR) is 76.3 cm³/mol. The molecule has 1 unspecified atom stereocenters. The molecule has 8 heteroatoms. The molecule has 1 atom stereocenters. The summed E-state index contributed by atoms with van der Waals surface area (Å²) in [7, 11) is -3.62. The first-order valence-electron chi connectivity index (χ1n) is 6.37. The van der Waals surface area contributed by atoms with E-state index in [0.29, 0.717) is 5.75 Å². The number of sulfonamides is 1. The molecule has 0 radical (unpaired) electrons. The summed E-state index contributed by atoms with van der Waals surface area (Å²) in [6.07, 6.45) is 3.21. The Morgan fingerprint density at radius 3 is 2.67 bits per heavy atom. The summed E-state index contributed by atoms with van der Waals surface area (Å²) in [6, 6.07) is 5.62. The molecule has 0 bridgehead atoms. The summed E-state index contributed by atoms with van der Waals surface area (Å²) in [4.78, 5) is 0.147. The summed E-state index contributed by atoms with van der Waals surface area (Å²) in [5.74, 6) is 0.505. The highest BCUT2D eigenvalue weighted by Crippen LogP contribution is 2.18. The van der Waals surface area contributed by atoms with Crippen molar-refractivity contribution in [2.45, 2.75) is 17.9 Å². The first-order valence-corrected chi connectivity index (χ1v) is 7.86. The number of nitrogens with zero attached hydrogens (tertiary/aromatic N) is 1. The van der Waals surface area contributed by atoms with Gasteiger partial charge in [0, 0.05) is 17.8 Å². The zero-order chi connectivity index (χ0) is 15.3. The predicted octanol–water partition coefficient (Wildman–Crippen LogP) is 0.820. The van der Waals surface area contributed by atoms with Gasteiger partial charge in [0.05, 0.1) is 17.7 Å². The molecule has 0 saturated carbocycles. The minimum absolute atomic E-state index is 0.0934. The fourth-order valence-electron chi connectivity index (χ4n) is 1.75. The molecule has 0 aliphatic heterocycles. The number of aliphatic hydroxyl groups excluding tert-OH is 1. The van der Waals surface area contributed by atoms with Gasteiger partial charge in [0.2, 0.25) is 10.0 Å². The zero-order valence-corrected chi connectivity index (χ0v) is 12.3. The zero-order valence-electron chi connectivity index (χ0n) is 11.5. The Morgan fingerprint density at radius 2 is 2.10 bits per heavy atom. The van der Waals surface area contributed by atoms with Crippen LogP contribution in [0.4, 0.5) is 0 Å². The maximum absolute atomic E-state index is 12.2. The molecule has 0 saturated heterocycles. The van der Waals surface area contributed by atoms with Crippen LogP contribution in [0.5, 0.6) is 5.75 Å². The van der Waals surface area contributed by atoms with Crippen molar-refractivity contribution in [2.24, 2.45) is 0 Å². The van der Waals surface area contributed by atoms with Crippen LogP contribution in [0.2, 0.25) is 0 Å². The average Bonchev–Trinajstić information content (AvgIpc) is 2.99. The Hall–Kier alpha value is -1.90. The van der Waals surface area contributed by atoms with Gasteiger partial charge in [-0.1, -0.05) is 0 Å².